The van der Waals surface area contributed by atoms with Crippen molar-refractivity contribution in [2.45, 2.75) is 6.92 Å². The quantitative estimate of drug-likeness (QED) is 0.755. The second-order valence-corrected chi connectivity index (χ2v) is 5.62. The SMILES string of the molecule is COc1cccc2[nH]c(Nc3c(C)csc3Cl)nc12. The van der Waals surface area contributed by atoms with Gasteiger partial charge in [0, 0.05) is 0 Å². The third kappa shape index (κ3) is 2.15. The molecule has 1 aromatic carbocycles. The molecule has 19 heavy (non-hydrogen) atoms. The van der Waals surface area contributed by atoms with Gasteiger partial charge in [-0.15, -0.1) is 11.3 Å². The van der Waals surface area contributed by atoms with Gasteiger partial charge in [-0.3, -0.25) is 0 Å². The molecule has 3 aromatic rings. The molecule has 4 nitrogen and oxygen atoms in total. The number of anilines is 2. The lowest BCUT2D eigenvalue weighted by atomic mass is 10.3. The number of H-pyrrole nitrogens is 1. The Hall–Kier alpha value is -1.72. The average Bonchev–Trinajstić information content (AvgIpc) is 2.96. The fourth-order valence-corrected chi connectivity index (χ4v) is 2.97. The third-order valence-corrected chi connectivity index (χ3v) is 4.21. The number of methoxy groups -OCH3 is 1. The van der Waals surface area contributed by atoms with Gasteiger partial charge in [-0.25, -0.2) is 4.98 Å². The van der Waals surface area contributed by atoms with Crippen molar-refractivity contribution in [2.24, 2.45) is 0 Å². The highest BCUT2D eigenvalue weighted by molar-refractivity contribution is 7.15. The van der Waals surface area contributed by atoms with E-state index >= 15 is 0 Å². The highest BCUT2D eigenvalue weighted by Crippen LogP contribution is 2.34. The first kappa shape index (κ1) is 12.3. The Morgan fingerprint density at radius 1 is 1.42 bits per heavy atom. The number of halogens is 1. The molecule has 2 aromatic heterocycles. The summed E-state index contributed by atoms with van der Waals surface area (Å²) in [5.74, 6) is 1.40. The van der Waals surface area contributed by atoms with E-state index in [1.165, 1.54) is 11.3 Å². The number of hydrogen-bond acceptors (Lipinski definition) is 4. The van der Waals surface area contributed by atoms with E-state index in [1.54, 1.807) is 7.11 Å². The second kappa shape index (κ2) is 4.75. The van der Waals surface area contributed by atoms with Crippen molar-refractivity contribution in [1.82, 2.24) is 9.97 Å². The first-order valence-electron chi connectivity index (χ1n) is 5.72. The minimum atomic E-state index is 0.655. The maximum atomic E-state index is 6.14. The first-order valence-corrected chi connectivity index (χ1v) is 6.98. The molecule has 2 heterocycles. The first-order chi connectivity index (χ1) is 9.19. The molecule has 0 aliphatic rings. The van der Waals surface area contributed by atoms with Gasteiger partial charge in [-0.05, 0) is 30.0 Å². The third-order valence-electron chi connectivity index (χ3n) is 2.87. The summed E-state index contributed by atoms with van der Waals surface area (Å²) < 4.78 is 6.02. The smallest absolute Gasteiger partial charge is 0.205 e. The van der Waals surface area contributed by atoms with E-state index in [2.05, 4.69) is 15.3 Å². The van der Waals surface area contributed by atoms with Crippen molar-refractivity contribution in [3.8, 4) is 5.75 Å². The lowest BCUT2D eigenvalue weighted by molar-refractivity contribution is 0.419. The van der Waals surface area contributed by atoms with Crippen molar-refractivity contribution >= 4 is 45.6 Å². The van der Waals surface area contributed by atoms with E-state index in [-0.39, 0.29) is 0 Å². The number of imidazole rings is 1. The maximum absolute atomic E-state index is 6.14. The number of thiophene rings is 1. The number of fused-ring (bicyclic) bond motifs is 1. The standard InChI is InChI=1S/C13H12ClN3OS/c1-7-6-19-12(14)10(7)16-13-15-8-4-3-5-9(18-2)11(8)17-13/h3-6H,1-2H3,(H2,15,16,17). The highest BCUT2D eigenvalue weighted by atomic mass is 35.5. The van der Waals surface area contributed by atoms with E-state index in [0.29, 0.717) is 5.95 Å². The van der Waals surface area contributed by atoms with Gasteiger partial charge in [0.25, 0.3) is 0 Å². The average molecular weight is 294 g/mol. The van der Waals surface area contributed by atoms with Crippen molar-refractivity contribution in [3.05, 3.63) is 33.5 Å². The summed E-state index contributed by atoms with van der Waals surface area (Å²) in [5.41, 5.74) is 3.72. The minimum Gasteiger partial charge on any atom is -0.494 e. The molecule has 0 amide bonds. The van der Waals surface area contributed by atoms with E-state index < -0.39 is 0 Å². The van der Waals surface area contributed by atoms with Gasteiger partial charge in [-0.1, -0.05) is 17.7 Å². The number of ether oxygens (including phenoxy) is 1. The van der Waals surface area contributed by atoms with Crippen molar-refractivity contribution < 1.29 is 4.74 Å². The molecule has 6 heteroatoms. The number of hydrogen-bond donors (Lipinski definition) is 2. The zero-order valence-corrected chi connectivity index (χ0v) is 12.0. The Bertz CT molecular complexity index is 715. The minimum absolute atomic E-state index is 0.655. The van der Waals surface area contributed by atoms with Gasteiger partial charge >= 0.3 is 0 Å². The summed E-state index contributed by atoms with van der Waals surface area (Å²) in [4.78, 5) is 7.70. The number of rotatable bonds is 3. The Kier molecular flexibility index (Phi) is 3.08. The predicted molar refractivity (Wildman–Crippen MR) is 80.0 cm³/mol. The number of aryl methyl sites for hydroxylation is 1. The topological polar surface area (TPSA) is 49.9 Å². The van der Waals surface area contributed by atoms with E-state index in [1.807, 2.05) is 30.5 Å². The summed E-state index contributed by atoms with van der Waals surface area (Å²) in [7, 11) is 1.64. The fraction of sp³-hybridized carbons (Fsp3) is 0.154. The number of para-hydroxylation sites is 1. The largest absolute Gasteiger partial charge is 0.494 e. The van der Waals surface area contributed by atoms with Crippen LogP contribution in [0.4, 0.5) is 11.6 Å². The molecular weight excluding hydrogens is 282 g/mol. The Morgan fingerprint density at radius 3 is 2.95 bits per heavy atom. The van der Waals surface area contributed by atoms with Gasteiger partial charge in [-0.2, -0.15) is 0 Å². The number of aromatic nitrogens is 2. The van der Waals surface area contributed by atoms with E-state index in [4.69, 9.17) is 16.3 Å². The molecule has 0 radical (unpaired) electrons. The van der Waals surface area contributed by atoms with Gasteiger partial charge in [0.15, 0.2) is 0 Å². The zero-order valence-electron chi connectivity index (χ0n) is 10.5. The van der Waals surface area contributed by atoms with Crippen LogP contribution in [-0.2, 0) is 0 Å². The second-order valence-electron chi connectivity index (χ2n) is 4.13. The van der Waals surface area contributed by atoms with Gasteiger partial charge in [0.05, 0.1) is 18.3 Å². The van der Waals surface area contributed by atoms with Gasteiger partial charge in [0.1, 0.15) is 15.6 Å². The van der Waals surface area contributed by atoms with Gasteiger partial charge in [0.2, 0.25) is 5.95 Å². The summed E-state index contributed by atoms with van der Waals surface area (Å²) in [6.07, 6.45) is 0. The molecule has 0 aliphatic carbocycles. The molecule has 0 fully saturated rings. The van der Waals surface area contributed by atoms with Crippen LogP contribution < -0.4 is 10.1 Å². The molecule has 98 valence electrons. The van der Waals surface area contributed by atoms with E-state index in [9.17, 15) is 0 Å². The molecule has 0 spiro atoms. The molecule has 0 aliphatic heterocycles. The van der Waals surface area contributed by atoms with Gasteiger partial charge < -0.3 is 15.0 Å². The monoisotopic (exact) mass is 293 g/mol. The number of benzene rings is 1. The van der Waals surface area contributed by atoms with Crippen LogP contribution in [0.15, 0.2) is 23.6 Å². The number of aromatic amines is 1. The summed E-state index contributed by atoms with van der Waals surface area (Å²) in [5, 5.41) is 5.23. The molecule has 2 N–H and O–H groups in total. The highest BCUT2D eigenvalue weighted by Gasteiger charge is 2.11. The van der Waals surface area contributed by atoms with Crippen LogP contribution in [0.5, 0.6) is 5.75 Å². The fourth-order valence-electron chi connectivity index (χ4n) is 1.91. The molecule has 0 bridgehead atoms. The molecule has 0 saturated carbocycles. The normalized spacial score (nSPS) is 10.9. The van der Waals surface area contributed by atoms with Crippen LogP contribution in [-0.4, -0.2) is 17.1 Å². The van der Waals surface area contributed by atoms with Crippen LogP contribution in [0.3, 0.4) is 0 Å². The molecule has 0 unspecified atom stereocenters. The number of nitrogens with one attached hydrogen (secondary N) is 2. The van der Waals surface area contributed by atoms with Crippen LogP contribution in [0.2, 0.25) is 4.34 Å². The molecule has 0 saturated heterocycles. The van der Waals surface area contributed by atoms with E-state index in [0.717, 1.165) is 32.4 Å². The summed E-state index contributed by atoms with van der Waals surface area (Å²) in [6, 6.07) is 5.76. The van der Waals surface area contributed by atoms with Crippen molar-refractivity contribution in [1.29, 1.82) is 0 Å². The van der Waals surface area contributed by atoms with Crippen LogP contribution in [0.25, 0.3) is 11.0 Å². The van der Waals surface area contributed by atoms with Crippen LogP contribution in [0, 0.1) is 6.92 Å². The molecule has 0 atom stereocenters. The molecular formula is C13H12ClN3OS. The predicted octanol–water partition coefficient (Wildman–Crippen LogP) is 4.34. The van der Waals surface area contributed by atoms with Crippen molar-refractivity contribution in [2.75, 3.05) is 12.4 Å². The lowest BCUT2D eigenvalue weighted by Crippen LogP contribution is -1.92. The Labute approximate surface area is 119 Å². The summed E-state index contributed by atoms with van der Waals surface area (Å²) in [6.45, 7) is 2.01. The molecule has 3 rings (SSSR count). The van der Waals surface area contributed by atoms with Crippen LogP contribution >= 0.6 is 22.9 Å². The Balaban J connectivity index is 2.03. The number of nitrogens with zero attached hydrogens (tertiary/aromatic N) is 1. The van der Waals surface area contributed by atoms with Crippen molar-refractivity contribution in [3.63, 3.8) is 0 Å². The van der Waals surface area contributed by atoms with Crippen LogP contribution in [0.1, 0.15) is 5.56 Å². The Morgan fingerprint density at radius 2 is 2.26 bits per heavy atom. The summed E-state index contributed by atoms with van der Waals surface area (Å²) >= 11 is 7.64. The zero-order chi connectivity index (χ0) is 13.4. The lowest BCUT2D eigenvalue weighted by Gasteiger charge is -2.02. The maximum Gasteiger partial charge on any atom is 0.205 e.